The van der Waals surface area contributed by atoms with Gasteiger partial charge in [0.2, 0.25) is 0 Å². The van der Waals surface area contributed by atoms with E-state index in [4.69, 9.17) is 5.73 Å². The third kappa shape index (κ3) is 3.13. The van der Waals surface area contributed by atoms with Crippen molar-refractivity contribution in [2.45, 2.75) is 19.3 Å². The van der Waals surface area contributed by atoms with E-state index in [1.165, 1.54) is 0 Å². The van der Waals surface area contributed by atoms with Crippen molar-refractivity contribution < 1.29 is 0 Å². The van der Waals surface area contributed by atoms with Crippen molar-refractivity contribution in [3.05, 3.63) is 10.3 Å². The number of halogens is 1. The highest BCUT2D eigenvalue weighted by molar-refractivity contribution is 9.10. The van der Waals surface area contributed by atoms with Crippen LogP contribution in [0.15, 0.2) is 4.60 Å². The van der Waals surface area contributed by atoms with Gasteiger partial charge in [-0.05, 0) is 41.2 Å². The first-order valence-corrected chi connectivity index (χ1v) is 5.29. The Morgan fingerprint density at radius 2 is 2.29 bits per heavy atom. The van der Waals surface area contributed by atoms with E-state index in [1.807, 2.05) is 7.05 Å². The van der Waals surface area contributed by atoms with E-state index in [9.17, 15) is 0 Å². The number of nitrogens with zero attached hydrogens (tertiary/aromatic N) is 3. The molecule has 2 N–H and O–H groups in total. The molecule has 0 radical (unpaired) electrons. The number of aryl methyl sites for hydroxylation is 1. The van der Waals surface area contributed by atoms with Crippen molar-refractivity contribution in [2.24, 2.45) is 12.8 Å². The highest BCUT2D eigenvalue weighted by atomic mass is 79.9. The topological polar surface area (TPSA) is 56.7 Å². The van der Waals surface area contributed by atoms with E-state index >= 15 is 0 Å². The van der Waals surface area contributed by atoms with Crippen LogP contribution >= 0.6 is 15.9 Å². The predicted octanol–water partition coefficient (Wildman–Crippen LogP) is 1.06. The Balaban J connectivity index is 2.50. The van der Waals surface area contributed by atoms with Crippen molar-refractivity contribution in [2.75, 3.05) is 6.54 Å². The molecule has 0 saturated heterocycles. The molecule has 0 fully saturated rings. The van der Waals surface area contributed by atoms with Crippen LogP contribution in [0, 0.1) is 11.8 Å². The highest BCUT2D eigenvalue weighted by Gasteiger charge is 2.02. The van der Waals surface area contributed by atoms with Crippen LogP contribution in [-0.2, 0) is 7.05 Å². The summed E-state index contributed by atoms with van der Waals surface area (Å²) in [5.41, 5.74) is 6.19. The fourth-order valence-corrected chi connectivity index (χ4v) is 1.40. The van der Waals surface area contributed by atoms with Crippen LogP contribution < -0.4 is 5.73 Å². The van der Waals surface area contributed by atoms with Gasteiger partial charge in [0, 0.05) is 13.5 Å². The average molecular weight is 257 g/mol. The maximum atomic E-state index is 5.37. The van der Waals surface area contributed by atoms with Gasteiger partial charge in [-0.15, -0.1) is 5.10 Å². The molecule has 0 saturated carbocycles. The number of nitrogens with two attached hydrogens (primary N) is 1. The Morgan fingerprint density at radius 3 is 2.86 bits per heavy atom. The standard InChI is InChI=1S/C9H13BrN4/c1-14-8(9(10)12-13-14)6-4-2-3-5-7-11/h2-3,5,7,11H2,1H3. The van der Waals surface area contributed by atoms with Crippen LogP contribution in [0.5, 0.6) is 0 Å². The van der Waals surface area contributed by atoms with Gasteiger partial charge in [-0.3, -0.25) is 0 Å². The van der Waals surface area contributed by atoms with Crippen LogP contribution in [0.25, 0.3) is 0 Å². The van der Waals surface area contributed by atoms with E-state index < -0.39 is 0 Å². The zero-order valence-electron chi connectivity index (χ0n) is 8.13. The monoisotopic (exact) mass is 256 g/mol. The van der Waals surface area contributed by atoms with Crippen LogP contribution in [0.1, 0.15) is 25.0 Å². The molecular formula is C9H13BrN4. The first-order valence-electron chi connectivity index (χ1n) is 4.50. The zero-order valence-corrected chi connectivity index (χ0v) is 9.71. The molecule has 76 valence electrons. The Hall–Kier alpha value is -0.860. The first-order chi connectivity index (χ1) is 6.75. The van der Waals surface area contributed by atoms with Gasteiger partial charge < -0.3 is 5.73 Å². The van der Waals surface area contributed by atoms with Crippen molar-refractivity contribution in [1.29, 1.82) is 0 Å². The van der Waals surface area contributed by atoms with Gasteiger partial charge in [-0.25, -0.2) is 4.68 Å². The summed E-state index contributed by atoms with van der Waals surface area (Å²) in [6, 6.07) is 0. The molecule has 0 aromatic carbocycles. The summed E-state index contributed by atoms with van der Waals surface area (Å²) in [6.45, 7) is 0.735. The lowest BCUT2D eigenvalue weighted by atomic mass is 10.2. The fourth-order valence-electron chi connectivity index (χ4n) is 0.968. The first kappa shape index (κ1) is 11.2. The minimum Gasteiger partial charge on any atom is -0.330 e. The summed E-state index contributed by atoms with van der Waals surface area (Å²) in [6.07, 6.45) is 2.95. The number of hydrogen-bond donors (Lipinski definition) is 1. The molecule has 0 amide bonds. The number of hydrogen-bond acceptors (Lipinski definition) is 3. The molecule has 0 unspecified atom stereocenters. The summed E-state index contributed by atoms with van der Waals surface area (Å²) >= 11 is 3.28. The summed E-state index contributed by atoms with van der Waals surface area (Å²) < 4.78 is 2.35. The lowest BCUT2D eigenvalue weighted by Crippen LogP contribution is -1.97. The molecule has 0 spiro atoms. The predicted molar refractivity (Wildman–Crippen MR) is 58.5 cm³/mol. The Labute approximate surface area is 92.0 Å². The second-order valence-electron chi connectivity index (χ2n) is 2.90. The molecule has 1 rings (SSSR count). The molecule has 1 heterocycles. The van der Waals surface area contributed by atoms with E-state index in [0.717, 1.165) is 31.5 Å². The lowest BCUT2D eigenvalue weighted by molar-refractivity contribution is 0.707. The summed E-state index contributed by atoms with van der Waals surface area (Å²) in [5, 5.41) is 7.67. The van der Waals surface area contributed by atoms with Gasteiger partial charge in [0.1, 0.15) is 5.69 Å². The van der Waals surface area contributed by atoms with Crippen molar-refractivity contribution in [1.82, 2.24) is 15.0 Å². The summed E-state index contributed by atoms with van der Waals surface area (Å²) in [7, 11) is 1.82. The minimum absolute atomic E-state index is 0.700. The lowest BCUT2D eigenvalue weighted by Gasteiger charge is -1.90. The quantitative estimate of drug-likeness (QED) is 0.650. The number of aromatic nitrogens is 3. The van der Waals surface area contributed by atoms with Crippen molar-refractivity contribution in [3.63, 3.8) is 0 Å². The normalized spacial score (nSPS) is 9.64. The second kappa shape index (κ2) is 5.78. The van der Waals surface area contributed by atoms with E-state index in [-0.39, 0.29) is 0 Å². The Morgan fingerprint density at radius 1 is 1.50 bits per heavy atom. The molecule has 0 aliphatic rings. The highest BCUT2D eigenvalue weighted by Crippen LogP contribution is 2.09. The second-order valence-corrected chi connectivity index (χ2v) is 3.65. The summed E-state index contributed by atoms with van der Waals surface area (Å²) in [5.74, 6) is 6.09. The molecule has 1 aromatic heterocycles. The summed E-state index contributed by atoms with van der Waals surface area (Å²) in [4.78, 5) is 0. The molecule has 0 aliphatic heterocycles. The zero-order chi connectivity index (χ0) is 10.4. The average Bonchev–Trinajstić information content (AvgIpc) is 2.48. The fraction of sp³-hybridized carbons (Fsp3) is 0.556. The van der Waals surface area contributed by atoms with E-state index in [0.29, 0.717) is 4.60 Å². The third-order valence-corrected chi connectivity index (χ3v) is 2.28. The number of rotatable bonds is 3. The third-order valence-electron chi connectivity index (χ3n) is 1.75. The molecule has 14 heavy (non-hydrogen) atoms. The van der Waals surface area contributed by atoms with Crippen LogP contribution in [0.2, 0.25) is 0 Å². The Bertz CT molecular complexity index is 328. The van der Waals surface area contributed by atoms with Gasteiger partial charge in [0.15, 0.2) is 4.60 Å². The van der Waals surface area contributed by atoms with Crippen LogP contribution in [0.4, 0.5) is 0 Å². The number of unbranched alkanes of at least 4 members (excludes halogenated alkanes) is 2. The maximum absolute atomic E-state index is 5.37. The Kier molecular flexibility index (Phi) is 4.63. The SMILES string of the molecule is Cn1nnc(Br)c1C#CCCCCN. The van der Waals surface area contributed by atoms with Gasteiger partial charge in [-0.2, -0.15) is 0 Å². The van der Waals surface area contributed by atoms with Crippen molar-refractivity contribution in [3.8, 4) is 11.8 Å². The molecular weight excluding hydrogens is 244 g/mol. The molecule has 1 aromatic rings. The molecule has 4 nitrogen and oxygen atoms in total. The van der Waals surface area contributed by atoms with Gasteiger partial charge in [0.25, 0.3) is 0 Å². The van der Waals surface area contributed by atoms with Gasteiger partial charge in [-0.1, -0.05) is 11.1 Å². The molecule has 0 atom stereocenters. The van der Waals surface area contributed by atoms with Crippen LogP contribution in [-0.4, -0.2) is 21.5 Å². The van der Waals surface area contributed by atoms with E-state index in [1.54, 1.807) is 4.68 Å². The molecule has 0 bridgehead atoms. The minimum atomic E-state index is 0.700. The smallest absolute Gasteiger partial charge is 0.164 e. The molecule has 0 aliphatic carbocycles. The van der Waals surface area contributed by atoms with Gasteiger partial charge >= 0.3 is 0 Å². The van der Waals surface area contributed by atoms with Crippen molar-refractivity contribution >= 4 is 15.9 Å². The van der Waals surface area contributed by atoms with E-state index in [2.05, 4.69) is 38.1 Å². The molecule has 5 heteroatoms. The maximum Gasteiger partial charge on any atom is 0.164 e. The largest absolute Gasteiger partial charge is 0.330 e. The van der Waals surface area contributed by atoms with Gasteiger partial charge in [0.05, 0.1) is 0 Å². The van der Waals surface area contributed by atoms with Crippen LogP contribution in [0.3, 0.4) is 0 Å².